The maximum absolute atomic E-state index is 13.5. The van der Waals surface area contributed by atoms with Crippen molar-refractivity contribution < 1.29 is 23.6 Å². The van der Waals surface area contributed by atoms with E-state index in [1.165, 1.54) is 18.2 Å². The van der Waals surface area contributed by atoms with Gasteiger partial charge in [-0.05, 0) is 43.2 Å². The molecule has 148 valence electrons. The van der Waals surface area contributed by atoms with Gasteiger partial charge in [-0.15, -0.1) is 0 Å². The smallest absolute Gasteiger partial charge is 0.264 e. The molecule has 7 nitrogen and oxygen atoms in total. The van der Waals surface area contributed by atoms with E-state index in [0.717, 1.165) is 4.90 Å². The number of benzene rings is 2. The van der Waals surface area contributed by atoms with Gasteiger partial charge in [-0.1, -0.05) is 18.2 Å². The highest BCUT2D eigenvalue weighted by molar-refractivity contribution is 6.25. The zero-order chi connectivity index (χ0) is 20.7. The molecule has 2 atom stereocenters. The van der Waals surface area contributed by atoms with Crippen LogP contribution in [0.4, 0.5) is 10.1 Å². The quantitative estimate of drug-likeness (QED) is 0.775. The van der Waals surface area contributed by atoms with Crippen LogP contribution >= 0.6 is 0 Å². The number of anilines is 1. The minimum Gasteiger partial charge on any atom is -0.378 e. The summed E-state index contributed by atoms with van der Waals surface area (Å²) in [6, 6.07) is 9.56. The molecule has 0 spiro atoms. The summed E-state index contributed by atoms with van der Waals surface area (Å²) in [4.78, 5) is 50.4. The third-order valence-electron chi connectivity index (χ3n) is 5.19. The number of hydrogen-bond acceptors (Lipinski definition) is 5. The average Bonchev–Trinajstić information content (AvgIpc) is 2.94. The van der Waals surface area contributed by atoms with Crippen LogP contribution in [0, 0.1) is 5.82 Å². The summed E-state index contributed by atoms with van der Waals surface area (Å²) >= 11 is 0. The Kier molecular flexibility index (Phi) is 4.62. The van der Waals surface area contributed by atoms with Crippen molar-refractivity contribution in [1.29, 1.82) is 0 Å². The van der Waals surface area contributed by atoms with Crippen molar-refractivity contribution in [2.45, 2.75) is 31.8 Å². The van der Waals surface area contributed by atoms with E-state index in [4.69, 9.17) is 0 Å². The molecule has 2 aromatic rings. The molecule has 29 heavy (non-hydrogen) atoms. The highest BCUT2D eigenvalue weighted by Gasteiger charge is 2.45. The first-order valence-corrected chi connectivity index (χ1v) is 9.23. The van der Waals surface area contributed by atoms with E-state index < -0.39 is 29.7 Å². The number of carbonyl (C=O) groups excluding carboxylic acids is 4. The van der Waals surface area contributed by atoms with E-state index in [0.29, 0.717) is 11.3 Å². The molecule has 2 N–H and O–H groups in total. The van der Waals surface area contributed by atoms with Crippen LogP contribution in [0.25, 0.3) is 0 Å². The molecule has 2 heterocycles. The van der Waals surface area contributed by atoms with E-state index in [1.54, 1.807) is 24.3 Å². The second kappa shape index (κ2) is 7.12. The van der Waals surface area contributed by atoms with Gasteiger partial charge >= 0.3 is 0 Å². The van der Waals surface area contributed by atoms with Gasteiger partial charge in [0.1, 0.15) is 11.9 Å². The SMILES string of the molecule is C[C@@H](Nc1cccc2c1C(=O)N(C1CCC(=O)NC1=O)C2=O)c1cccc(F)c1. The number of halogens is 1. The van der Waals surface area contributed by atoms with Crippen molar-refractivity contribution in [2.75, 3.05) is 5.32 Å². The number of hydrogen-bond donors (Lipinski definition) is 2. The molecule has 8 heteroatoms. The van der Waals surface area contributed by atoms with Crippen LogP contribution in [0.15, 0.2) is 42.5 Å². The molecule has 1 saturated heterocycles. The number of imide groups is 2. The number of fused-ring (bicyclic) bond motifs is 1. The van der Waals surface area contributed by atoms with Crippen molar-refractivity contribution in [3.63, 3.8) is 0 Å². The lowest BCUT2D eigenvalue weighted by atomic mass is 10.0. The molecule has 0 saturated carbocycles. The molecule has 2 aliphatic rings. The molecule has 2 aliphatic heterocycles. The third-order valence-corrected chi connectivity index (χ3v) is 5.19. The molecule has 0 bridgehead atoms. The summed E-state index contributed by atoms with van der Waals surface area (Å²) in [6.45, 7) is 1.81. The Morgan fingerprint density at radius 1 is 1.10 bits per heavy atom. The number of piperidine rings is 1. The van der Waals surface area contributed by atoms with Gasteiger partial charge in [0.15, 0.2) is 0 Å². The van der Waals surface area contributed by atoms with Crippen molar-refractivity contribution in [3.8, 4) is 0 Å². The van der Waals surface area contributed by atoms with Gasteiger partial charge in [0.25, 0.3) is 11.8 Å². The predicted molar refractivity (Wildman–Crippen MR) is 102 cm³/mol. The summed E-state index contributed by atoms with van der Waals surface area (Å²) in [5.41, 5.74) is 1.47. The zero-order valence-electron chi connectivity index (χ0n) is 15.6. The number of carbonyl (C=O) groups is 4. The van der Waals surface area contributed by atoms with Gasteiger partial charge in [0.05, 0.1) is 11.1 Å². The van der Waals surface area contributed by atoms with Crippen LogP contribution in [0.3, 0.4) is 0 Å². The van der Waals surface area contributed by atoms with Gasteiger partial charge in [-0.3, -0.25) is 29.4 Å². The van der Waals surface area contributed by atoms with Crippen molar-refractivity contribution in [1.82, 2.24) is 10.2 Å². The molecule has 0 aliphatic carbocycles. The van der Waals surface area contributed by atoms with Crippen LogP contribution < -0.4 is 10.6 Å². The first-order valence-electron chi connectivity index (χ1n) is 9.23. The fourth-order valence-corrected chi connectivity index (χ4v) is 3.73. The summed E-state index contributed by atoms with van der Waals surface area (Å²) in [7, 11) is 0. The van der Waals surface area contributed by atoms with Crippen LogP contribution in [0.2, 0.25) is 0 Å². The van der Waals surface area contributed by atoms with E-state index in [-0.39, 0.29) is 35.8 Å². The molecule has 0 radical (unpaired) electrons. The van der Waals surface area contributed by atoms with Gasteiger partial charge in [0.2, 0.25) is 11.8 Å². The first-order chi connectivity index (χ1) is 13.9. The Labute approximate surface area is 165 Å². The van der Waals surface area contributed by atoms with Gasteiger partial charge in [0, 0.05) is 18.2 Å². The van der Waals surface area contributed by atoms with E-state index in [9.17, 15) is 23.6 Å². The second-order valence-electron chi connectivity index (χ2n) is 7.10. The van der Waals surface area contributed by atoms with E-state index in [1.807, 2.05) is 6.92 Å². The Morgan fingerprint density at radius 2 is 1.86 bits per heavy atom. The van der Waals surface area contributed by atoms with Crippen LogP contribution in [-0.4, -0.2) is 34.6 Å². The van der Waals surface area contributed by atoms with Gasteiger partial charge in [-0.25, -0.2) is 4.39 Å². The monoisotopic (exact) mass is 395 g/mol. The van der Waals surface area contributed by atoms with Crippen LogP contribution in [0.5, 0.6) is 0 Å². The highest BCUT2D eigenvalue weighted by Crippen LogP contribution is 2.34. The first kappa shape index (κ1) is 18.8. The van der Waals surface area contributed by atoms with Gasteiger partial charge in [-0.2, -0.15) is 0 Å². The molecular formula is C21H18FN3O4. The summed E-state index contributed by atoms with van der Waals surface area (Å²) < 4.78 is 13.5. The molecule has 1 unspecified atom stereocenters. The summed E-state index contributed by atoms with van der Waals surface area (Å²) in [5, 5.41) is 5.33. The van der Waals surface area contributed by atoms with Crippen LogP contribution in [-0.2, 0) is 9.59 Å². The van der Waals surface area contributed by atoms with Crippen molar-refractivity contribution in [2.24, 2.45) is 0 Å². The van der Waals surface area contributed by atoms with Gasteiger partial charge < -0.3 is 5.32 Å². The standard InChI is InChI=1S/C21H18FN3O4/c1-11(12-4-2-5-13(22)10-12)23-15-7-3-6-14-18(15)21(29)25(20(14)28)16-8-9-17(26)24-19(16)27/h2-7,10-11,16,23H,8-9H2,1H3,(H,24,26,27)/t11-,16?/m1/s1. The summed E-state index contributed by atoms with van der Waals surface area (Å²) in [5.74, 6) is -2.60. The fraction of sp³-hybridized carbons (Fsp3) is 0.238. The third kappa shape index (κ3) is 3.26. The molecule has 4 amide bonds. The van der Waals surface area contributed by atoms with Crippen LogP contribution in [0.1, 0.15) is 52.1 Å². The number of nitrogens with zero attached hydrogens (tertiary/aromatic N) is 1. The van der Waals surface area contributed by atoms with Crippen molar-refractivity contribution >= 4 is 29.3 Å². The Balaban J connectivity index is 1.64. The minimum atomic E-state index is -1.02. The minimum absolute atomic E-state index is 0.0610. The lowest BCUT2D eigenvalue weighted by molar-refractivity contribution is -0.136. The normalized spacial score (nSPS) is 19.8. The zero-order valence-corrected chi connectivity index (χ0v) is 15.6. The fourth-order valence-electron chi connectivity index (χ4n) is 3.73. The number of amides is 4. The maximum Gasteiger partial charge on any atom is 0.264 e. The van der Waals surface area contributed by atoms with E-state index >= 15 is 0 Å². The maximum atomic E-state index is 13.5. The molecule has 1 fully saturated rings. The highest BCUT2D eigenvalue weighted by atomic mass is 19.1. The Morgan fingerprint density at radius 3 is 2.59 bits per heavy atom. The lowest BCUT2D eigenvalue weighted by Gasteiger charge is -2.28. The summed E-state index contributed by atoms with van der Waals surface area (Å²) in [6.07, 6.45) is 0.157. The lowest BCUT2D eigenvalue weighted by Crippen LogP contribution is -2.54. The molecule has 2 aromatic carbocycles. The Bertz CT molecular complexity index is 1050. The van der Waals surface area contributed by atoms with Crippen molar-refractivity contribution in [3.05, 3.63) is 65.0 Å². The molecular weight excluding hydrogens is 377 g/mol. The van der Waals surface area contributed by atoms with E-state index in [2.05, 4.69) is 10.6 Å². The molecule has 0 aromatic heterocycles. The molecule has 4 rings (SSSR count). The predicted octanol–water partition coefficient (Wildman–Crippen LogP) is 2.40. The average molecular weight is 395 g/mol. The topological polar surface area (TPSA) is 95.6 Å². The largest absolute Gasteiger partial charge is 0.378 e. The second-order valence-corrected chi connectivity index (χ2v) is 7.10. The number of nitrogens with one attached hydrogen (secondary N) is 2. The number of rotatable bonds is 4. The Hall–Kier alpha value is -3.55.